The topological polar surface area (TPSA) is 41.6 Å². The Kier molecular flexibility index (Phi) is 3.76. The van der Waals surface area contributed by atoms with Crippen molar-refractivity contribution in [3.05, 3.63) is 58.1 Å². The van der Waals surface area contributed by atoms with Crippen LogP contribution >= 0.6 is 0 Å². The second-order valence-electron chi connectivity index (χ2n) is 6.15. The van der Waals surface area contributed by atoms with Crippen LogP contribution < -0.4 is 10.1 Å². The Morgan fingerprint density at radius 1 is 1.09 bits per heavy atom. The van der Waals surface area contributed by atoms with Crippen LogP contribution in [-0.2, 0) is 0 Å². The van der Waals surface area contributed by atoms with Gasteiger partial charge in [-0.25, -0.2) is 0 Å². The maximum absolute atomic E-state index is 12.8. The highest BCUT2D eigenvalue weighted by molar-refractivity contribution is 6.02. The highest BCUT2D eigenvalue weighted by atomic mass is 16.5. The van der Waals surface area contributed by atoms with E-state index in [1.165, 1.54) is 0 Å². The Balaban J connectivity index is 2.07. The Morgan fingerprint density at radius 3 is 2.35 bits per heavy atom. The number of nitrogens with zero attached hydrogens (tertiary/aromatic N) is 1. The molecule has 1 heterocycles. The van der Waals surface area contributed by atoms with Gasteiger partial charge in [-0.05, 0) is 61.2 Å². The molecule has 1 atom stereocenters. The minimum atomic E-state index is -0.180. The van der Waals surface area contributed by atoms with Crippen LogP contribution in [-0.4, -0.2) is 25.0 Å². The molecular formula is C19H22N2O2. The van der Waals surface area contributed by atoms with E-state index in [-0.39, 0.29) is 12.1 Å². The minimum Gasteiger partial charge on any atom is -0.496 e. The van der Waals surface area contributed by atoms with Crippen molar-refractivity contribution >= 4 is 11.6 Å². The first-order chi connectivity index (χ1) is 10.9. The van der Waals surface area contributed by atoms with E-state index in [1.807, 2.05) is 46.0 Å². The third-order valence-electron chi connectivity index (χ3n) is 4.49. The predicted octanol–water partition coefficient (Wildman–Crippen LogP) is 3.82. The molecule has 0 spiro atoms. The largest absolute Gasteiger partial charge is 0.496 e. The van der Waals surface area contributed by atoms with E-state index in [0.717, 1.165) is 39.3 Å². The summed E-state index contributed by atoms with van der Waals surface area (Å²) in [5, 5.41) is 3.49. The van der Waals surface area contributed by atoms with E-state index in [9.17, 15) is 4.79 Å². The molecule has 3 rings (SSSR count). The zero-order valence-corrected chi connectivity index (χ0v) is 14.2. The Labute approximate surface area is 137 Å². The molecule has 4 nitrogen and oxygen atoms in total. The van der Waals surface area contributed by atoms with Gasteiger partial charge < -0.3 is 15.0 Å². The van der Waals surface area contributed by atoms with E-state index in [1.54, 1.807) is 12.0 Å². The standard InChI is InChI=1S/C19H22N2O2/c1-11-7-6-8-15-16(11)19(22)21(4)18(20-15)14-9-12(2)17(23-5)13(3)10-14/h6-10,18,20H,1-5H3. The van der Waals surface area contributed by atoms with Gasteiger partial charge in [-0.3, -0.25) is 4.79 Å². The molecule has 1 amide bonds. The molecule has 0 radical (unpaired) electrons. The molecule has 0 fully saturated rings. The van der Waals surface area contributed by atoms with Gasteiger partial charge in [0.1, 0.15) is 11.9 Å². The first kappa shape index (κ1) is 15.4. The Bertz CT molecular complexity index is 760. The molecule has 2 aromatic carbocycles. The number of rotatable bonds is 2. The quantitative estimate of drug-likeness (QED) is 0.917. The van der Waals surface area contributed by atoms with Crippen LogP contribution in [0.4, 0.5) is 5.69 Å². The average Bonchev–Trinajstić information content (AvgIpc) is 2.50. The molecule has 0 aliphatic carbocycles. The molecule has 1 N–H and O–H groups in total. The molecule has 2 aromatic rings. The average molecular weight is 310 g/mol. The van der Waals surface area contributed by atoms with Crippen molar-refractivity contribution < 1.29 is 9.53 Å². The summed E-state index contributed by atoms with van der Waals surface area (Å²) >= 11 is 0. The zero-order chi connectivity index (χ0) is 16.7. The molecule has 23 heavy (non-hydrogen) atoms. The number of methoxy groups -OCH3 is 1. The number of carbonyl (C=O) groups excluding carboxylic acids is 1. The smallest absolute Gasteiger partial charge is 0.257 e. The van der Waals surface area contributed by atoms with Crippen LogP contribution in [0.3, 0.4) is 0 Å². The van der Waals surface area contributed by atoms with Gasteiger partial charge in [-0.15, -0.1) is 0 Å². The third-order valence-corrected chi connectivity index (χ3v) is 4.49. The van der Waals surface area contributed by atoms with Crippen molar-refractivity contribution in [2.75, 3.05) is 19.5 Å². The lowest BCUT2D eigenvalue weighted by Crippen LogP contribution is -2.40. The summed E-state index contributed by atoms with van der Waals surface area (Å²) < 4.78 is 5.44. The van der Waals surface area contributed by atoms with Crippen molar-refractivity contribution in [3.8, 4) is 5.75 Å². The van der Waals surface area contributed by atoms with E-state index < -0.39 is 0 Å². The summed E-state index contributed by atoms with van der Waals surface area (Å²) in [6.07, 6.45) is -0.180. The first-order valence-corrected chi connectivity index (χ1v) is 7.72. The molecule has 120 valence electrons. The molecule has 0 aromatic heterocycles. The number of benzene rings is 2. The van der Waals surface area contributed by atoms with Crippen LogP contribution in [0.15, 0.2) is 30.3 Å². The Morgan fingerprint density at radius 2 is 1.74 bits per heavy atom. The summed E-state index contributed by atoms with van der Waals surface area (Å²) in [5.74, 6) is 0.947. The van der Waals surface area contributed by atoms with Crippen molar-refractivity contribution in [2.24, 2.45) is 0 Å². The normalized spacial score (nSPS) is 16.8. The molecule has 0 bridgehead atoms. The molecule has 0 saturated carbocycles. The lowest BCUT2D eigenvalue weighted by molar-refractivity contribution is 0.0734. The van der Waals surface area contributed by atoms with Gasteiger partial charge in [0, 0.05) is 12.7 Å². The van der Waals surface area contributed by atoms with Gasteiger partial charge in [-0.2, -0.15) is 0 Å². The maximum atomic E-state index is 12.8. The minimum absolute atomic E-state index is 0.0491. The highest BCUT2D eigenvalue weighted by Gasteiger charge is 2.31. The molecular weight excluding hydrogens is 288 g/mol. The van der Waals surface area contributed by atoms with Gasteiger partial charge in [0.15, 0.2) is 0 Å². The van der Waals surface area contributed by atoms with Crippen molar-refractivity contribution in [3.63, 3.8) is 0 Å². The number of carbonyl (C=O) groups is 1. The van der Waals surface area contributed by atoms with E-state index in [2.05, 4.69) is 17.4 Å². The second kappa shape index (κ2) is 5.61. The lowest BCUT2D eigenvalue weighted by atomic mass is 9.98. The van der Waals surface area contributed by atoms with Crippen LogP contribution in [0.1, 0.15) is 38.8 Å². The van der Waals surface area contributed by atoms with Crippen LogP contribution in [0, 0.1) is 20.8 Å². The Hall–Kier alpha value is -2.49. The van der Waals surface area contributed by atoms with E-state index in [4.69, 9.17) is 4.74 Å². The number of anilines is 1. The number of aryl methyl sites for hydroxylation is 3. The van der Waals surface area contributed by atoms with Gasteiger partial charge in [0.25, 0.3) is 5.91 Å². The SMILES string of the molecule is COc1c(C)cc(C2Nc3cccc(C)c3C(=O)N2C)cc1C. The highest BCUT2D eigenvalue weighted by Crippen LogP contribution is 2.35. The number of hydrogen-bond donors (Lipinski definition) is 1. The molecule has 4 heteroatoms. The number of amides is 1. The number of ether oxygens (including phenoxy) is 1. The fourth-order valence-corrected chi connectivity index (χ4v) is 3.38. The van der Waals surface area contributed by atoms with Crippen LogP contribution in [0.25, 0.3) is 0 Å². The summed E-state index contributed by atoms with van der Waals surface area (Å²) in [7, 11) is 3.52. The van der Waals surface area contributed by atoms with Crippen molar-refractivity contribution in [1.29, 1.82) is 0 Å². The van der Waals surface area contributed by atoms with Crippen LogP contribution in [0.2, 0.25) is 0 Å². The fraction of sp³-hybridized carbons (Fsp3) is 0.316. The number of fused-ring (bicyclic) bond motifs is 1. The fourth-order valence-electron chi connectivity index (χ4n) is 3.38. The third kappa shape index (κ3) is 2.44. The number of hydrogen-bond acceptors (Lipinski definition) is 3. The summed E-state index contributed by atoms with van der Waals surface area (Å²) in [6, 6.07) is 10.1. The van der Waals surface area contributed by atoms with Crippen molar-refractivity contribution in [2.45, 2.75) is 26.9 Å². The lowest BCUT2D eigenvalue weighted by Gasteiger charge is -2.36. The summed E-state index contributed by atoms with van der Waals surface area (Å²) in [5.41, 5.74) is 5.84. The van der Waals surface area contributed by atoms with Gasteiger partial charge in [0.05, 0.1) is 12.7 Å². The molecule has 1 aliphatic heterocycles. The number of nitrogens with one attached hydrogen (secondary N) is 1. The second-order valence-corrected chi connectivity index (χ2v) is 6.15. The van der Waals surface area contributed by atoms with Gasteiger partial charge in [0.2, 0.25) is 0 Å². The molecule has 1 unspecified atom stereocenters. The molecule has 0 saturated heterocycles. The van der Waals surface area contributed by atoms with Gasteiger partial charge >= 0.3 is 0 Å². The monoisotopic (exact) mass is 310 g/mol. The first-order valence-electron chi connectivity index (χ1n) is 7.72. The van der Waals surface area contributed by atoms with E-state index >= 15 is 0 Å². The predicted molar refractivity (Wildman–Crippen MR) is 92.1 cm³/mol. The zero-order valence-electron chi connectivity index (χ0n) is 14.2. The molecule has 1 aliphatic rings. The summed E-state index contributed by atoms with van der Waals surface area (Å²) in [6.45, 7) is 6.02. The van der Waals surface area contributed by atoms with Gasteiger partial charge in [-0.1, -0.05) is 12.1 Å². The van der Waals surface area contributed by atoms with Crippen molar-refractivity contribution in [1.82, 2.24) is 4.90 Å². The van der Waals surface area contributed by atoms with Crippen LogP contribution in [0.5, 0.6) is 5.75 Å². The summed E-state index contributed by atoms with van der Waals surface area (Å²) in [4.78, 5) is 14.5. The van der Waals surface area contributed by atoms with E-state index in [0.29, 0.717) is 0 Å². The maximum Gasteiger partial charge on any atom is 0.257 e.